The highest BCUT2D eigenvalue weighted by Gasteiger charge is 2.30. The van der Waals surface area contributed by atoms with Gasteiger partial charge in [-0.05, 0) is 42.9 Å². The summed E-state index contributed by atoms with van der Waals surface area (Å²) in [4.78, 5) is 0. The van der Waals surface area contributed by atoms with E-state index in [9.17, 15) is 5.11 Å². The van der Waals surface area contributed by atoms with Gasteiger partial charge in [-0.15, -0.1) is 0 Å². The lowest BCUT2D eigenvalue weighted by Crippen LogP contribution is -3.00. The molecule has 0 saturated carbocycles. The molecule has 0 amide bonds. The highest BCUT2D eigenvalue weighted by molar-refractivity contribution is 5.72. The van der Waals surface area contributed by atoms with Crippen molar-refractivity contribution in [1.82, 2.24) is 0 Å². The number of aryl methyl sites for hydroxylation is 1. The first kappa shape index (κ1) is 19.3. The van der Waals surface area contributed by atoms with Crippen molar-refractivity contribution >= 4 is 0 Å². The molecule has 1 aliphatic rings. The SMILES string of the molecule is C[N+]1(C)CCCCC1CCc1ccccc1-c1ccccc1O.[I-]. The third kappa shape index (κ3) is 4.31. The number of piperidine rings is 1. The number of hydrogen-bond acceptors (Lipinski definition) is 1. The first-order valence-corrected chi connectivity index (χ1v) is 8.77. The minimum absolute atomic E-state index is 0. The highest BCUT2D eigenvalue weighted by atomic mass is 127. The number of phenolic OH excluding ortho intramolecular Hbond substituents is 1. The number of halogens is 1. The minimum atomic E-state index is 0. The standard InChI is InChI=1S/C21H27NO.HI/c1-22(2)16-8-7-10-18(22)15-14-17-9-3-4-11-19(17)20-12-5-6-13-21(20)23;/h3-6,9,11-13,18H,7-8,10,14-16H2,1-2H3;1H. The summed E-state index contributed by atoms with van der Waals surface area (Å²) in [6, 6.07) is 16.9. The Morgan fingerprint density at radius 1 is 0.958 bits per heavy atom. The van der Waals surface area contributed by atoms with Crippen molar-refractivity contribution in [3.8, 4) is 16.9 Å². The van der Waals surface area contributed by atoms with Crippen molar-refractivity contribution in [2.45, 2.75) is 38.1 Å². The first-order chi connectivity index (χ1) is 11.1. The number of likely N-dealkylation sites (tertiary alicyclic amines) is 1. The summed E-state index contributed by atoms with van der Waals surface area (Å²) >= 11 is 0. The Kier molecular flexibility index (Phi) is 6.70. The molecule has 3 heteroatoms. The molecule has 1 saturated heterocycles. The Bertz CT molecular complexity index is 668. The molecule has 1 unspecified atom stereocenters. The molecule has 0 spiro atoms. The molecule has 0 aliphatic carbocycles. The van der Waals surface area contributed by atoms with Crippen molar-refractivity contribution in [2.24, 2.45) is 0 Å². The van der Waals surface area contributed by atoms with Gasteiger partial charge in [-0.25, -0.2) is 0 Å². The van der Waals surface area contributed by atoms with Crippen LogP contribution >= 0.6 is 0 Å². The minimum Gasteiger partial charge on any atom is -1.00 e. The van der Waals surface area contributed by atoms with E-state index in [1.807, 2.05) is 18.2 Å². The van der Waals surface area contributed by atoms with E-state index < -0.39 is 0 Å². The number of aromatic hydroxyl groups is 1. The van der Waals surface area contributed by atoms with Gasteiger partial charge in [-0.1, -0.05) is 42.5 Å². The lowest BCUT2D eigenvalue weighted by molar-refractivity contribution is -0.920. The molecular formula is C21H28INO. The summed E-state index contributed by atoms with van der Waals surface area (Å²) in [7, 11) is 4.75. The maximum Gasteiger partial charge on any atom is 0.123 e. The van der Waals surface area contributed by atoms with E-state index in [0.717, 1.165) is 22.5 Å². The maximum atomic E-state index is 10.2. The summed E-state index contributed by atoms with van der Waals surface area (Å²) in [6.45, 7) is 1.30. The summed E-state index contributed by atoms with van der Waals surface area (Å²) in [5, 5.41) is 10.2. The fourth-order valence-electron chi connectivity index (χ4n) is 3.95. The van der Waals surface area contributed by atoms with E-state index in [1.54, 1.807) is 6.07 Å². The van der Waals surface area contributed by atoms with Gasteiger partial charge >= 0.3 is 0 Å². The van der Waals surface area contributed by atoms with E-state index in [-0.39, 0.29) is 24.0 Å². The van der Waals surface area contributed by atoms with Gasteiger partial charge in [0.2, 0.25) is 0 Å². The Balaban J connectivity index is 0.00000208. The van der Waals surface area contributed by atoms with Crippen molar-refractivity contribution in [1.29, 1.82) is 0 Å². The van der Waals surface area contributed by atoms with Crippen LogP contribution in [0.2, 0.25) is 0 Å². The average molecular weight is 437 g/mol. The van der Waals surface area contributed by atoms with Gasteiger partial charge in [-0.2, -0.15) is 0 Å². The Morgan fingerprint density at radius 3 is 2.33 bits per heavy atom. The van der Waals surface area contributed by atoms with Crippen LogP contribution in [0.3, 0.4) is 0 Å². The summed E-state index contributed by atoms with van der Waals surface area (Å²) in [5.41, 5.74) is 3.46. The van der Waals surface area contributed by atoms with E-state index in [1.165, 1.54) is 43.4 Å². The molecular weight excluding hydrogens is 409 g/mol. The molecule has 1 atom stereocenters. The van der Waals surface area contributed by atoms with Crippen LogP contribution in [0.1, 0.15) is 31.2 Å². The molecule has 0 radical (unpaired) electrons. The zero-order chi connectivity index (χ0) is 16.3. The molecule has 1 aliphatic heterocycles. The molecule has 0 bridgehead atoms. The number of para-hydroxylation sites is 1. The third-order valence-corrected chi connectivity index (χ3v) is 5.47. The highest BCUT2D eigenvalue weighted by Crippen LogP contribution is 2.33. The molecule has 0 aromatic heterocycles. The van der Waals surface area contributed by atoms with E-state index in [0.29, 0.717) is 5.75 Å². The lowest BCUT2D eigenvalue weighted by Gasteiger charge is -2.42. The van der Waals surface area contributed by atoms with Crippen molar-refractivity contribution in [3.63, 3.8) is 0 Å². The third-order valence-electron chi connectivity index (χ3n) is 5.47. The molecule has 2 nitrogen and oxygen atoms in total. The number of hydrogen-bond donors (Lipinski definition) is 1. The number of quaternary nitrogens is 1. The van der Waals surface area contributed by atoms with Crippen molar-refractivity contribution < 1.29 is 33.6 Å². The first-order valence-electron chi connectivity index (χ1n) is 8.77. The molecule has 2 aromatic carbocycles. The predicted octanol–water partition coefficient (Wildman–Crippen LogP) is 1.62. The number of rotatable bonds is 4. The average Bonchev–Trinajstić information content (AvgIpc) is 2.54. The van der Waals surface area contributed by atoms with Crippen LogP contribution in [0.15, 0.2) is 48.5 Å². The monoisotopic (exact) mass is 437 g/mol. The second-order valence-electron chi connectivity index (χ2n) is 7.36. The second-order valence-corrected chi connectivity index (χ2v) is 7.36. The maximum absolute atomic E-state index is 10.2. The largest absolute Gasteiger partial charge is 1.00 e. The Labute approximate surface area is 163 Å². The van der Waals surface area contributed by atoms with Crippen LogP contribution in [-0.4, -0.2) is 36.3 Å². The summed E-state index contributed by atoms with van der Waals surface area (Å²) in [5.74, 6) is 0.369. The Morgan fingerprint density at radius 2 is 1.62 bits per heavy atom. The van der Waals surface area contributed by atoms with Crippen LogP contribution in [0, 0.1) is 0 Å². The summed E-state index contributed by atoms with van der Waals surface area (Å²) < 4.78 is 1.15. The topological polar surface area (TPSA) is 20.2 Å². The van der Waals surface area contributed by atoms with Gasteiger partial charge in [0.25, 0.3) is 0 Å². The van der Waals surface area contributed by atoms with E-state index in [4.69, 9.17) is 0 Å². The molecule has 1 fully saturated rings. The molecule has 130 valence electrons. The molecule has 24 heavy (non-hydrogen) atoms. The fraction of sp³-hybridized carbons (Fsp3) is 0.429. The normalized spacial score (nSPS) is 19.5. The molecule has 3 rings (SSSR count). The molecule has 2 aromatic rings. The molecule has 1 heterocycles. The van der Waals surface area contributed by atoms with Crippen molar-refractivity contribution in [3.05, 3.63) is 54.1 Å². The van der Waals surface area contributed by atoms with Gasteiger partial charge in [-0.3, -0.25) is 0 Å². The van der Waals surface area contributed by atoms with Gasteiger partial charge in [0.1, 0.15) is 5.75 Å². The zero-order valence-corrected chi connectivity index (χ0v) is 16.9. The van der Waals surface area contributed by atoms with Crippen molar-refractivity contribution in [2.75, 3.05) is 20.6 Å². The van der Waals surface area contributed by atoms with Crippen LogP contribution in [0.25, 0.3) is 11.1 Å². The number of nitrogens with zero attached hydrogens (tertiary/aromatic N) is 1. The second kappa shape index (κ2) is 8.34. The zero-order valence-electron chi connectivity index (χ0n) is 14.7. The van der Waals surface area contributed by atoms with Crippen LogP contribution < -0.4 is 24.0 Å². The van der Waals surface area contributed by atoms with Gasteiger partial charge < -0.3 is 33.6 Å². The van der Waals surface area contributed by atoms with E-state index in [2.05, 4.69) is 38.4 Å². The quantitative estimate of drug-likeness (QED) is 0.570. The Hall–Kier alpha value is -1.07. The lowest BCUT2D eigenvalue weighted by atomic mass is 9.91. The number of benzene rings is 2. The smallest absolute Gasteiger partial charge is 0.123 e. The van der Waals surface area contributed by atoms with E-state index >= 15 is 0 Å². The fourth-order valence-corrected chi connectivity index (χ4v) is 3.95. The van der Waals surface area contributed by atoms with Gasteiger partial charge in [0, 0.05) is 12.0 Å². The van der Waals surface area contributed by atoms with Gasteiger partial charge in [0.05, 0.1) is 26.7 Å². The van der Waals surface area contributed by atoms with Crippen LogP contribution in [0.5, 0.6) is 5.75 Å². The number of phenols is 1. The predicted molar refractivity (Wildman–Crippen MR) is 96.5 cm³/mol. The van der Waals surface area contributed by atoms with Crippen LogP contribution in [0.4, 0.5) is 0 Å². The molecule has 1 N–H and O–H groups in total. The van der Waals surface area contributed by atoms with Crippen LogP contribution in [-0.2, 0) is 6.42 Å². The van der Waals surface area contributed by atoms with Gasteiger partial charge in [0.15, 0.2) is 0 Å². The summed E-state index contributed by atoms with van der Waals surface area (Å²) in [6.07, 6.45) is 6.37.